The molecule has 152 valence electrons. The molecule has 3 rings (SSSR count). The van der Waals surface area contributed by atoms with Crippen LogP contribution in [0, 0.1) is 5.82 Å². The molecule has 0 saturated heterocycles. The van der Waals surface area contributed by atoms with Crippen LogP contribution in [0.15, 0.2) is 42.5 Å². The fourth-order valence-corrected chi connectivity index (χ4v) is 3.12. The zero-order valence-corrected chi connectivity index (χ0v) is 15.9. The summed E-state index contributed by atoms with van der Waals surface area (Å²) in [5, 5.41) is 2.28. The van der Waals surface area contributed by atoms with Crippen LogP contribution in [0.3, 0.4) is 0 Å². The van der Waals surface area contributed by atoms with Crippen LogP contribution in [0.4, 0.5) is 10.1 Å². The number of methoxy groups -OCH3 is 1. The SMILES string of the molecule is COc1ccc2c(c1)CCCN2C(=O)COC(=O)CNC(=O)c1ccccc1F. The van der Waals surface area contributed by atoms with E-state index in [1.54, 1.807) is 18.1 Å². The fraction of sp³-hybridized carbons (Fsp3) is 0.286. The van der Waals surface area contributed by atoms with Gasteiger partial charge in [0.05, 0.1) is 12.7 Å². The van der Waals surface area contributed by atoms with E-state index < -0.39 is 30.8 Å². The Labute approximate surface area is 167 Å². The number of aryl methyl sites for hydroxylation is 1. The molecule has 2 aromatic rings. The lowest BCUT2D eigenvalue weighted by Gasteiger charge is -2.29. The van der Waals surface area contributed by atoms with Gasteiger partial charge in [0, 0.05) is 12.2 Å². The average Bonchev–Trinajstić information content (AvgIpc) is 2.75. The predicted molar refractivity (Wildman–Crippen MR) is 103 cm³/mol. The molecule has 1 heterocycles. The van der Waals surface area contributed by atoms with Gasteiger partial charge in [-0.15, -0.1) is 0 Å². The molecule has 2 amide bonds. The van der Waals surface area contributed by atoms with E-state index in [9.17, 15) is 18.8 Å². The van der Waals surface area contributed by atoms with Gasteiger partial charge < -0.3 is 19.7 Å². The number of hydrogen-bond acceptors (Lipinski definition) is 5. The van der Waals surface area contributed by atoms with Crippen LogP contribution >= 0.6 is 0 Å². The number of carbonyl (C=O) groups excluding carboxylic acids is 3. The zero-order valence-electron chi connectivity index (χ0n) is 15.9. The highest BCUT2D eigenvalue weighted by Gasteiger charge is 2.24. The monoisotopic (exact) mass is 400 g/mol. The van der Waals surface area contributed by atoms with Crippen molar-refractivity contribution in [3.05, 3.63) is 59.4 Å². The Morgan fingerprint density at radius 3 is 2.72 bits per heavy atom. The van der Waals surface area contributed by atoms with Gasteiger partial charge in [-0.1, -0.05) is 12.1 Å². The molecule has 0 spiro atoms. The molecule has 8 heteroatoms. The number of esters is 1. The van der Waals surface area contributed by atoms with E-state index in [0.29, 0.717) is 6.54 Å². The first kappa shape index (κ1) is 20.3. The first-order valence-electron chi connectivity index (χ1n) is 9.15. The lowest BCUT2D eigenvalue weighted by atomic mass is 10.0. The molecular formula is C21H21FN2O5. The number of nitrogens with zero attached hydrogens (tertiary/aromatic N) is 1. The highest BCUT2D eigenvalue weighted by atomic mass is 19.1. The molecule has 0 bridgehead atoms. The Morgan fingerprint density at radius 2 is 1.97 bits per heavy atom. The molecule has 0 saturated carbocycles. The van der Waals surface area contributed by atoms with Gasteiger partial charge in [-0.2, -0.15) is 0 Å². The van der Waals surface area contributed by atoms with Crippen molar-refractivity contribution in [3.63, 3.8) is 0 Å². The Bertz CT molecular complexity index is 931. The summed E-state index contributed by atoms with van der Waals surface area (Å²) in [7, 11) is 1.58. The number of benzene rings is 2. The molecule has 2 aromatic carbocycles. The normalized spacial score (nSPS) is 12.7. The molecule has 29 heavy (non-hydrogen) atoms. The van der Waals surface area contributed by atoms with Crippen molar-refractivity contribution in [3.8, 4) is 5.75 Å². The molecule has 7 nitrogen and oxygen atoms in total. The molecule has 0 aliphatic carbocycles. The van der Waals surface area contributed by atoms with Gasteiger partial charge in [-0.25, -0.2) is 4.39 Å². The zero-order chi connectivity index (χ0) is 20.8. The second kappa shape index (κ2) is 9.18. The summed E-state index contributed by atoms with van der Waals surface area (Å²) >= 11 is 0. The second-order valence-corrected chi connectivity index (χ2v) is 6.47. The smallest absolute Gasteiger partial charge is 0.325 e. The van der Waals surface area contributed by atoms with Gasteiger partial charge in [0.25, 0.3) is 11.8 Å². The summed E-state index contributed by atoms with van der Waals surface area (Å²) in [5.74, 6) is -1.84. The van der Waals surface area contributed by atoms with Crippen molar-refractivity contribution in [2.24, 2.45) is 0 Å². The summed E-state index contributed by atoms with van der Waals surface area (Å²) in [5.41, 5.74) is 1.59. The Kier molecular flexibility index (Phi) is 6.43. The third-order valence-corrected chi connectivity index (χ3v) is 4.57. The number of carbonyl (C=O) groups is 3. The van der Waals surface area contributed by atoms with E-state index in [1.807, 2.05) is 12.1 Å². The maximum absolute atomic E-state index is 13.6. The van der Waals surface area contributed by atoms with E-state index in [2.05, 4.69) is 5.32 Å². The van der Waals surface area contributed by atoms with Crippen LogP contribution in [0.2, 0.25) is 0 Å². The van der Waals surface area contributed by atoms with Crippen LogP contribution in [0.25, 0.3) is 0 Å². The van der Waals surface area contributed by atoms with Gasteiger partial charge in [0.15, 0.2) is 6.61 Å². The number of hydrogen-bond donors (Lipinski definition) is 1. The topological polar surface area (TPSA) is 84.9 Å². The van der Waals surface area contributed by atoms with Crippen molar-refractivity contribution in [2.45, 2.75) is 12.8 Å². The van der Waals surface area contributed by atoms with E-state index in [1.165, 1.54) is 18.2 Å². The van der Waals surface area contributed by atoms with Gasteiger partial charge >= 0.3 is 5.97 Å². The minimum atomic E-state index is -0.782. The standard InChI is InChI=1S/C21H21FN2O5/c1-28-15-8-9-18-14(11-15)5-4-10-24(18)19(25)13-29-20(26)12-23-21(27)16-6-2-3-7-17(16)22/h2-3,6-9,11H,4-5,10,12-13H2,1H3,(H,23,27). The lowest BCUT2D eigenvalue weighted by molar-refractivity contribution is -0.146. The first-order valence-corrected chi connectivity index (χ1v) is 9.15. The van der Waals surface area contributed by atoms with Gasteiger partial charge in [0.2, 0.25) is 0 Å². The fourth-order valence-electron chi connectivity index (χ4n) is 3.12. The molecular weight excluding hydrogens is 379 g/mol. The Hall–Kier alpha value is -3.42. The summed E-state index contributed by atoms with van der Waals surface area (Å²) < 4.78 is 23.7. The molecule has 1 aliphatic heterocycles. The number of fused-ring (bicyclic) bond motifs is 1. The maximum Gasteiger partial charge on any atom is 0.325 e. The summed E-state index contributed by atoms with van der Waals surface area (Å²) in [6, 6.07) is 10.9. The Morgan fingerprint density at radius 1 is 1.17 bits per heavy atom. The van der Waals surface area contributed by atoms with E-state index in [0.717, 1.165) is 35.9 Å². The van der Waals surface area contributed by atoms with E-state index >= 15 is 0 Å². The molecule has 1 aliphatic rings. The van der Waals surface area contributed by atoms with Crippen LogP contribution in [-0.4, -0.2) is 44.6 Å². The summed E-state index contributed by atoms with van der Waals surface area (Å²) in [4.78, 5) is 37.8. The number of anilines is 1. The van der Waals surface area contributed by atoms with Crippen LogP contribution < -0.4 is 15.0 Å². The van der Waals surface area contributed by atoms with E-state index in [-0.39, 0.29) is 11.5 Å². The van der Waals surface area contributed by atoms with Crippen molar-refractivity contribution < 1.29 is 28.2 Å². The third kappa shape index (κ3) is 4.90. The minimum Gasteiger partial charge on any atom is -0.497 e. The number of halogens is 1. The highest BCUT2D eigenvalue weighted by molar-refractivity contribution is 5.98. The second-order valence-electron chi connectivity index (χ2n) is 6.47. The quantitative estimate of drug-likeness (QED) is 0.751. The lowest BCUT2D eigenvalue weighted by Crippen LogP contribution is -2.39. The molecule has 0 atom stereocenters. The summed E-state index contributed by atoms with van der Waals surface area (Å²) in [6.07, 6.45) is 1.62. The van der Waals surface area contributed by atoms with E-state index in [4.69, 9.17) is 9.47 Å². The van der Waals surface area contributed by atoms with Crippen molar-refractivity contribution >= 4 is 23.5 Å². The third-order valence-electron chi connectivity index (χ3n) is 4.57. The summed E-state index contributed by atoms with van der Waals surface area (Å²) in [6.45, 7) is -0.381. The molecule has 0 fully saturated rings. The molecule has 0 unspecified atom stereocenters. The minimum absolute atomic E-state index is 0.170. The predicted octanol–water partition coefficient (Wildman–Crippen LogP) is 2.09. The van der Waals surface area contributed by atoms with Crippen LogP contribution in [0.5, 0.6) is 5.75 Å². The van der Waals surface area contributed by atoms with Crippen molar-refractivity contribution in [1.82, 2.24) is 5.32 Å². The molecule has 0 radical (unpaired) electrons. The first-order chi connectivity index (χ1) is 14.0. The van der Waals surface area contributed by atoms with Crippen LogP contribution in [0.1, 0.15) is 22.3 Å². The van der Waals surface area contributed by atoms with Gasteiger partial charge in [0.1, 0.15) is 18.1 Å². The average molecular weight is 400 g/mol. The van der Waals surface area contributed by atoms with Crippen molar-refractivity contribution in [1.29, 1.82) is 0 Å². The number of amides is 2. The largest absolute Gasteiger partial charge is 0.497 e. The van der Waals surface area contributed by atoms with Gasteiger partial charge in [-0.05, 0) is 48.7 Å². The number of rotatable bonds is 6. The molecule has 0 aromatic heterocycles. The van der Waals surface area contributed by atoms with Crippen LogP contribution in [-0.2, 0) is 20.7 Å². The number of ether oxygens (including phenoxy) is 2. The Balaban J connectivity index is 1.52. The maximum atomic E-state index is 13.6. The van der Waals surface area contributed by atoms with Crippen molar-refractivity contribution in [2.75, 3.05) is 31.7 Å². The molecule has 1 N–H and O–H groups in total. The number of nitrogens with one attached hydrogen (secondary N) is 1. The van der Waals surface area contributed by atoms with Gasteiger partial charge in [-0.3, -0.25) is 14.4 Å². The highest BCUT2D eigenvalue weighted by Crippen LogP contribution is 2.30.